The van der Waals surface area contributed by atoms with Crippen LogP contribution in [-0.4, -0.2) is 50.3 Å². The fourth-order valence-electron chi connectivity index (χ4n) is 5.62. The summed E-state index contributed by atoms with van der Waals surface area (Å²) in [5.74, 6) is 2.19. The van der Waals surface area contributed by atoms with E-state index >= 15 is 0 Å². The molecule has 3 aliphatic rings. The SMILES string of the molecule is Cn1ccc(-c2ccc(-c3cc4c(nn3)N(C3C[C@H]5CC[C@@H](C3)N5)CCCS4)c(O)c2)cc1=O. The molecule has 0 saturated carbocycles. The molecule has 3 atom stereocenters. The van der Waals surface area contributed by atoms with Crippen LogP contribution in [0.3, 0.4) is 0 Å². The minimum atomic E-state index is -0.0824. The van der Waals surface area contributed by atoms with Crippen LogP contribution in [0.1, 0.15) is 32.1 Å². The number of anilines is 1. The Morgan fingerprint density at radius 2 is 1.85 bits per heavy atom. The molecule has 1 unspecified atom stereocenters. The van der Waals surface area contributed by atoms with Gasteiger partial charge in [-0.2, -0.15) is 0 Å². The minimum Gasteiger partial charge on any atom is -0.507 e. The van der Waals surface area contributed by atoms with E-state index in [0.29, 0.717) is 29.4 Å². The van der Waals surface area contributed by atoms with Crippen molar-refractivity contribution < 1.29 is 5.11 Å². The predicted molar refractivity (Wildman–Crippen MR) is 135 cm³/mol. The van der Waals surface area contributed by atoms with Crippen molar-refractivity contribution in [3.8, 4) is 28.1 Å². The van der Waals surface area contributed by atoms with Crippen LogP contribution in [0, 0.1) is 0 Å². The van der Waals surface area contributed by atoms with E-state index < -0.39 is 0 Å². The van der Waals surface area contributed by atoms with Gasteiger partial charge in [0.25, 0.3) is 5.56 Å². The lowest BCUT2D eigenvalue weighted by atomic mass is 9.98. The number of fused-ring (bicyclic) bond motifs is 3. The van der Waals surface area contributed by atoms with Crippen molar-refractivity contribution in [1.29, 1.82) is 0 Å². The molecule has 2 N–H and O–H groups in total. The number of aromatic hydroxyl groups is 1. The first-order chi connectivity index (χ1) is 16.5. The van der Waals surface area contributed by atoms with Gasteiger partial charge in [-0.1, -0.05) is 6.07 Å². The summed E-state index contributed by atoms with van der Waals surface area (Å²) >= 11 is 1.83. The van der Waals surface area contributed by atoms with Crippen molar-refractivity contribution in [1.82, 2.24) is 20.1 Å². The van der Waals surface area contributed by atoms with Gasteiger partial charge in [-0.25, -0.2) is 0 Å². The van der Waals surface area contributed by atoms with Gasteiger partial charge >= 0.3 is 0 Å². The number of hydrogen-bond acceptors (Lipinski definition) is 7. The molecular formula is C26H29N5O2S. The number of piperidine rings is 1. The molecule has 0 aliphatic carbocycles. The molecule has 7 nitrogen and oxygen atoms in total. The van der Waals surface area contributed by atoms with Crippen molar-refractivity contribution in [2.45, 2.75) is 55.1 Å². The molecule has 8 heteroatoms. The summed E-state index contributed by atoms with van der Waals surface area (Å²) < 4.78 is 1.53. The summed E-state index contributed by atoms with van der Waals surface area (Å²) in [5, 5.41) is 23.8. The van der Waals surface area contributed by atoms with E-state index in [2.05, 4.69) is 21.4 Å². The molecule has 6 rings (SSSR count). The number of nitrogens with one attached hydrogen (secondary N) is 1. The van der Waals surface area contributed by atoms with Crippen LogP contribution in [0.25, 0.3) is 22.4 Å². The van der Waals surface area contributed by atoms with Gasteiger partial charge in [0.2, 0.25) is 0 Å². The molecule has 5 heterocycles. The van der Waals surface area contributed by atoms with Crippen LogP contribution in [0.15, 0.2) is 52.3 Å². The summed E-state index contributed by atoms with van der Waals surface area (Å²) in [6, 6.07) is 12.8. The average Bonchev–Trinajstić information content (AvgIpc) is 3.04. The van der Waals surface area contributed by atoms with Crippen LogP contribution < -0.4 is 15.8 Å². The Morgan fingerprint density at radius 3 is 2.62 bits per heavy atom. The second-order valence-electron chi connectivity index (χ2n) is 9.67. The van der Waals surface area contributed by atoms with Crippen LogP contribution in [0.5, 0.6) is 5.75 Å². The van der Waals surface area contributed by atoms with Gasteiger partial charge in [0.15, 0.2) is 5.82 Å². The zero-order chi connectivity index (χ0) is 23.2. The maximum Gasteiger partial charge on any atom is 0.250 e. The van der Waals surface area contributed by atoms with Crippen LogP contribution in [0.2, 0.25) is 0 Å². The maximum absolute atomic E-state index is 12.0. The number of aromatic nitrogens is 3. The first kappa shape index (κ1) is 21.7. The van der Waals surface area contributed by atoms with Crippen molar-refractivity contribution in [2.24, 2.45) is 7.05 Å². The largest absolute Gasteiger partial charge is 0.507 e. The summed E-state index contributed by atoms with van der Waals surface area (Å²) in [6.07, 6.45) is 7.79. The number of aryl methyl sites for hydroxylation is 1. The molecule has 0 radical (unpaired) electrons. The van der Waals surface area contributed by atoms with E-state index in [0.717, 1.165) is 40.6 Å². The third kappa shape index (κ3) is 3.99. The normalized spacial score (nSPS) is 24.0. The molecule has 1 aromatic carbocycles. The second kappa shape index (κ2) is 8.74. The zero-order valence-corrected chi connectivity index (χ0v) is 20.1. The molecular weight excluding hydrogens is 446 g/mol. The number of thioether (sulfide) groups is 1. The van der Waals surface area contributed by atoms with E-state index in [9.17, 15) is 9.90 Å². The third-order valence-electron chi connectivity index (χ3n) is 7.41. The highest BCUT2D eigenvalue weighted by molar-refractivity contribution is 7.99. The number of benzene rings is 1. The second-order valence-corrected chi connectivity index (χ2v) is 10.8. The Bertz CT molecular complexity index is 1280. The molecule has 2 bridgehead atoms. The summed E-state index contributed by atoms with van der Waals surface area (Å²) in [5.41, 5.74) is 2.81. The molecule has 2 aromatic heterocycles. The van der Waals surface area contributed by atoms with E-state index in [1.807, 2.05) is 30.0 Å². The van der Waals surface area contributed by atoms with E-state index in [1.165, 1.54) is 30.3 Å². The summed E-state index contributed by atoms with van der Waals surface area (Å²) in [6.45, 7) is 1.02. The summed E-state index contributed by atoms with van der Waals surface area (Å²) in [7, 11) is 1.72. The standard InChI is InChI=1S/C26H29N5O2S/c1-30-9-7-17(12-25(30)33)16-3-6-21(23(32)11-16)22-15-24-26(29-28-22)31(8-2-10-34-24)20-13-18-4-5-19(14-20)27-18/h3,6-7,9,11-12,15,18-20,27,32H,2,4-5,8,10,13-14H2,1H3/t18-,19+,20?. The van der Waals surface area contributed by atoms with Crippen LogP contribution in [0.4, 0.5) is 5.82 Å². The highest BCUT2D eigenvalue weighted by Gasteiger charge is 2.37. The minimum absolute atomic E-state index is 0.0824. The zero-order valence-electron chi connectivity index (χ0n) is 19.3. The Hall–Kier alpha value is -2.84. The lowest BCUT2D eigenvalue weighted by Gasteiger charge is -2.38. The van der Waals surface area contributed by atoms with Crippen molar-refractivity contribution >= 4 is 17.6 Å². The Balaban J connectivity index is 1.31. The predicted octanol–water partition coefficient (Wildman–Crippen LogP) is 3.80. The molecule has 176 valence electrons. The lowest BCUT2D eigenvalue weighted by molar-refractivity contribution is 0.345. The van der Waals surface area contributed by atoms with Gasteiger partial charge in [-0.3, -0.25) is 4.79 Å². The van der Waals surface area contributed by atoms with E-state index in [-0.39, 0.29) is 11.3 Å². The molecule has 0 amide bonds. The van der Waals surface area contributed by atoms with Gasteiger partial charge in [-0.05, 0) is 73.2 Å². The number of rotatable bonds is 3. The number of hydrogen-bond donors (Lipinski definition) is 2. The van der Waals surface area contributed by atoms with E-state index in [4.69, 9.17) is 5.10 Å². The monoisotopic (exact) mass is 475 g/mol. The topological polar surface area (TPSA) is 83.3 Å². The molecule has 34 heavy (non-hydrogen) atoms. The molecule has 3 aliphatic heterocycles. The number of nitrogens with zero attached hydrogens (tertiary/aromatic N) is 4. The van der Waals surface area contributed by atoms with E-state index in [1.54, 1.807) is 25.4 Å². The smallest absolute Gasteiger partial charge is 0.250 e. The van der Waals surface area contributed by atoms with Crippen LogP contribution >= 0.6 is 11.8 Å². The fraction of sp³-hybridized carbons (Fsp3) is 0.423. The van der Waals surface area contributed by atoms with Crippen LogP contribution in [-0.2, 0) is 7.05 Å². The van der Waals surface area contributed by atoms with Crippen molar-refractivity contribution in [2.75, 3.05) is 17.2 Å². The first-order valence-electron chi connectivity index (χ1n) is 12.1. The highest BCUT2D eigenvalue weighted by atomic mass is 32.2. The maximum atomic E-state index is 12.0. The van der Waals surface area contributed by atoms with Gasteiger partial charge in [-0.15, -0.1) is 22.0 Å². The summed E-state index contributed by atoms with van der Waals surface area (Å²) in [4.78, 5) is 15.6. The molecule has 0 spiro atoms. The first-order valence-corrected chi connectivity index (χ1v) is 13.1. The number of phenolic OH excluding ortho intramolecular Hbond substituents is 1. The Labute approximate surface area is 203 Å². The number of phenols is 1. The molecule has 2 fully saturated rings. The molecule has 2 saturated heterocycles. The Kier molecular flexibility index (Phi) is 5.57. The Morgan fingerprint density at radius 1 is 1.06 bits per heavy atom. The van der Waals surface area contributed by atoms with Gasteiger partial charge in [0.1, 0.15) is 5.75 Å². The fourth-order valence-corrected chi connectivity index (χ4v) is 6.60. The van der Waals surface area contributed by atoms with Gasteiger partial charge < -0.3 is 19.9 Å². The lowest BCUT2D eigenvalue weighted by Crippen LogP contribution is -2.49. The number of pyridine rings is 1. The van der Waals surface area contributed by atoms with Gasteiger partial charge in [0.05, 0.1) is 10.6 Å². The average molecular weight is 476 g/mol. The van der Waals surface area contributed by atoms with Crippen molar-refractivity contribution in [3.63, 3.8) is 0 Å². The quantitative estimate of drug-likeness (QED) is 0.596. The third-order valence-corrected chi connectivity index (χ3v) is 8.52. The van der Waals surface area contributed by atoms with Crippen molar-refractivity contribution in [3.05, 3.63) is 52.9 Å². The highest BCUT2D eigenvalue weighted by Crippen LogP contribution is 2.40. The molecule has 3 aromatic rings. The van der Waals surface area contributed by atoms with Gasteiger partial charge in [0, 0.05) is 49.5 Å².